The molecule has 0 amide bonds. The number of fused-ring (bicyclic) bond motifs is 4. The van der Waals surface area contributed by atoms with E-state index in [9.17, 15) is 5.11 Å². The van der Waals surface area contributed by atoms with Gasteiger partial charge in [-0.05, 0) is 62.1 Å². The van der Waals surface area contributed by atoms with Crippen molar-refractivity contribution in [2.24, 2.45) is 0 Å². The molecular weight excluding hydrogens is 323 g/mol. The van der Waals surface area contributed by atoms with Gasteiger partial charge in [-0.15, -0.1) is 0 Å². The summed E-state index contributed by atoms with van der Waals surface area (Å²) in [4.78, 5) is 0. The molecule has 4 aromatic rings. The lowest BCUT2D eigenvalue weighted by Gasteiger charge is -2.37. The smallest absolute Gasteiger partial charge is 0.310 e. The first-order valence-corrected chi connectivity index (χ1v) is 8.95. The largest absolute Gasteiger partial charge is 0.456 e. The van der Waals surface area contributed by atoms with E-state index in [-0.39, 0.29) is 0 Å². The molecule has 4 rings (SSSR count). The SMILES string of the molecule is CC(C)(O)C(C)(C)OBc1cccc2oc3cc4ccccc4cc3c12. The van der Waals surface area contributed by atoms with Crippen LogP contribution in [0.4, 0.5) is 0 Å². The Hall–Kier alpha value is -2.30. The van der Waals surface area contributed by atoms with Gasteiger partial charge in [0.25, 0.3) is 0 Å². The molecule has 0 aliphatic heterocycles. The summed E-state index contributed by atoms with van der Waals surface area (Å²) in [5.41, 5.74) is 1.20. The Bertz CT molecular complexity index is 1100. The van der Waals surface area contributed by atoms with Gasteiger partial charge in [0.1, 0.15) is 11.2 Å². The lowest BCUT2D eigenvalue weighted by Crippen LogP contribution is -2.49. The van der Waals surface area contributed by atoms with Gasteiger partial charge in [-0.2, -0.15) is 0 Å². The van der Waals surface area contributed by atoms with Crippen LogP contribution in [0.25, 0.3) is 32.7 Å². The Kier molecular flexibility index (Phi) is 3.87. The second kappa shape index (κ2) is 5.87. The highest BCUT2D eigenvalue weighted by Gasteiger charge is 2.35. The molecule has 0 saturated carbocycles. The number of hydrogen-bond acceptors (Lipinski definition) is 3. The van der Waals surface area contributed by atoms with Gasteiger partial charge < -0.3 is 14.2 Å². The molecule has 0 unspecified atom stereocenters. The van der Waals surface area contributed by atoms with Crippen LogP contribution in [-0.2, 0) is 4.65 Å². The van der Waals surface area contributed by atoms with E-state index in [4.69, 9.17) is 9.07 Å². The third kappa shape index (κ3) is 2.79. The Morgan fingerprint density at radius 1 is 0.885 bits per heavy atom. The number of furan rings is 1. The first-order valence-electron chi connectivity index (χ1n) is 8.95. The van der Waals surface area contributed by atoms with Crippen molar-refractivity contribution < 1.29 is 14.2 Å². The van der Waals surface area contributed by atoms with Crippen LogP contribution in [0.2, 0.25) is 0 Å². The zero-order valence-electron chi connectivity index (χ0n) is 15.7. The van der Waals surface area contributed by atoms with Gasteiger partial charge in [0.15, 0.2) is 0 Å². The van der Waals surface area contributed by atoms with E-state index in [1.54, 1.807) is 13.8 Å². The molecule has 1 N–H and O–H groups in total. The predicted octanol–water partition coefficient (Wildman–Crippen LogP) is 4.28. The quantitative estimate of drug-likeness (QED) is 0.561. The molecule has 0 spiro atoms. The van der Waals surface area contributed by atoms with Gasteiger partial charge >= 0.3 is 7.48 Å². The molecule has 3 aromatic carbocycles. The number of hydrogen-bond donors (Lipinski definition) is 1. The second-order valence-corrected chi connectivity index (χ2v) is 7.95. The highest BCUT2D eigenvalue weighted by molar-refractivity contribution is 6.53. The topological polar surface area (TPSA) is 42.6 Å². The molecule has 0 atom stereocenters. The minimum atomic E-state index is -0.935. The van der Waals surface area contributed by atoms with Crippen LogP contribution in [0.3, 0.4) is 0 Å². The third-order valence-corrected chi connectivity index (χ3v) is 5.51. The lowest BCUT2D eigenvalue weighted by molar-refractivity contribution is -0.0893. The molecule has 0 aliphatic rings. The van der Waals surface area contributed by atoms with E-state index >= 15 is 0 Å². The van der Waals surface area contributed by atoms with Crippen molar-refractivity contribution in [3.63, 3.8) is 0 Å². The summed E-state index contributed by atoms with van der Waals surface area (Å²) >= 11 is 0. The first-order chi connectivity index (χ1) is 12.3. The minimum Gasteiger partial charge on any atom is -0.456 e. The van der Waals surface area contributed by atoms with Crippen LogP contribution in [0, 0.1) is 0 Å². The molecule has 1 aromatic heterocycles. The normalized spacial score (nSPS) is 13.0. The fourth-order valence-corrected chi connectivity index (χ4v) is 3.14. The first kappa shape index (κ1) is 17.1. The average molecular weight is 346 g/mol. The van der Waals surface area contributed by atoms with Crippen LogP contribution in [0.1, 0.15) is 27.7 Å². The maximum absolute atomic E-state index is 10.3. The summed E-state index contributed by atoms with van der Waals surface area (Å²) < 4.78 is 12.2. The lowest BCUT2D eigenvalue weighted by atomic mass is 9.80. The van der Waals surface area contributed by atoms with Crippen LogP contribution >= 0.6 is 0 Å². The predicted molar refractivity (Wildman–Crippen MR) is 109 cm³/mol. The van der Waals surface area contributed by atoms with E-state index in [0.29, 0.717) is 7.48 Å². The van der Waals surface area contributed by atoms with Crippen molar-refractivity contribution >= 4 is 45.7 Å². The zero-order chi connectivity index (χ0) is 18.5. The van der Waals surface area contributed by atoms with E-state index in [2.05, 4.69) is 30.3 Å². The van der Waals surface area contributed by atoms with E-state index in [1.807, 2.05) is 38.1 Å². The summed E-state index contributed by atoms with van der Waals surface area (Å²) in [5.74, 6) is 0. The minimum absolute atomic E-state index is 0.412. The fraction of sp³-hybridized carbons (Fsp3) is 0.273. The number of benzene rings is 3. The summed E-state index contributed by atoms with van der Waals surface area (Å²) in [5, 5.41) is 14.9. The Labute approximate surface area is 153 Å². The van der Waals surface area contributed by atoms with Crippen molar-refractivity contribution in [3.05, 3.63) is 54.6 Å². The second-order valence-electron chi connectivity index (χ2n) is 7.95. The number of aliphatic hydroxyl groups is 1. The van der Waals surface area contributed by atoms with E-state index in [0.717, 1.165) is 27.4 Å². The van der Waals surface area contributed by atoms with Crippen LogP contribution in [-0.4, -0.2) is 23.8 Å². The fourth-order valence-electron chi connectivity index (χ4n) is 3.14. The molecule has 4 heteroatoms. The monoisotopic (exact) mass is 346 g/mol. The van der Waals surface area contributed by atoms with Gasteiger partial charge in [0.2, 0.25) is 0 Å². The maximum Gasteiger partial charge on any atom is 0.310 e. The molecule has 132 valence electrons. The summed E-state index contributed by atoms with van der Waals surface area (Å²) in [6.07, 6.45) is 0. The Balaban J connectivity index is 1.84. The molecule has 1 heterocycles. The van der Waals surface area contributed by atoms with E-state index in [1.165, 1.54) is 10.8 Å². The molecule has 0 radical (unpaired) electrons. The van der Waals surface area contributed by atoms with Gasteiger partial charge in [0.05, 0.1) is 11.2 Å². The molecule has 26 heavy (non-hydrogen) atoms. The standard InChI is InChI=1S/C22H23BO3/c1-21(2,24)22(3,4)26-23-17-10-7-11-18-20(17)16-12-14-8-5-6-9-15(14)13-19(16)25-18/h5-13,23-24H,1-4H3. The highest BCUT2D eigenvalue weighted by Crippen LogP contribution is 2.31. The molecule has 0 aliphatic carbocycles. The molecule has 0 saturated heterocycles. The van der Waals surface area contributed by atoms with Crippen LogP contribution < -0.4 is 5.46 Å². The van der Waals surface area contributed by atoms with Crippen molar-refractivity contribution in [2.75, 3.05) is 0 Å². The number of rotatable bonds is 4. The Morgan fingerprint density at radius 3 is 2.27 bits per heavy atom. The van der Waals surface area contributed by atoms with E-state index < -0.39 is 11.2 Å². The van der Waals surface area contributed by atoms with Crippen molar-refractivity contribution in [3.8, 4) is 0 Å². The van der Waals surface area contributed by atoms with Crippen LogP contribution in [0.5, 0.6) is 0 Å². The molecule has 0 bridgehead atoms. The summed E-state index contributed by atoms with van der Waals surface area (Å²) in [6, 6.07) is 18.6. The molecule has 3 nitrogen and oxygen atoms in total. The van der Waals surface area contributed by atoms with Crippen LogP contribution in [0.15, 0.2) is 59.0 Å². The van der Waals surface area contributed by atoms with Gasteiger partial charge in [-0.1, -0.05) is 36.4 Å². The van der Waals surface area contributed by atoms with Gasteiger partial charge in [0, 0.05) is 10.8 Å². The third-order valence-electron chi connectivity index (χ3n) is 5.51. The highest BCUT2D eigenvalue weighted by atomic mass is 16.5. The zero-order valence-corrected chi connectivity index (χ0v) is 15.7. The summed E-state index contributed by atoms with van der Waals surface area (Å²) in [6.45, 7) is 7.36. The van der Waals surface area contributed by atoms with Crippen molar-refractivity contribution in [2.45, 2.75) is 38.9 Å². The molecule has 0 fully saturated rings. The van der Waals surface area contributed by atoms with Gasteiger partial charge in [-0.25, -0.2) is 0 Å². The summed E-state index contributed by atoms with van der Waals surface area (Å²) in [7, 11) is 0.412. The average Bonchev–Trinajstić information content (AvgIpc) is 2.95. The van der Waals surface area contributed by atoms with Crippen molar-refractivity contribution in [1.29, 1.82) is 0 Å². The van der Waals surface area contributed by atoms with Crippen molar-refractivity contribution in [1.82, 2.24) is 0 Å². The maximum atomic E-state index is 10.3. The Morgan fingerprint density at radius 2 is 1.58 bits per heavy atom. The van der Waals surface area contributed by atoms with Gasteiger partial charge in [-0.3, -0.25) is 0 Å². The molecular formula is C22H23BO3.